The van der Waals surface area contributed by atoms with Gasteiger partial charge in [-0.25, -0.2) is 4.39 Å². The first-order valence-corrected chi connectivity index (χ1v) is 9.58. The molecule has 0 radical (unpaired) electrons. The van der Waals surface area contributed by atoms with E-state index in [2.05, 4.69) is 20.5 Å². The molecule has 8 heteroatoms. The van der Waals surface area contributed by atoms with Crippen molar-refractivity contribution in [3.05, 3.63) is 34.6 Å². The van der Waals surface area contributed by atoms with E-state index in [0.29, 0.717) is 17.0 Å². The van der Waals surface area contributed by atoms with Crippen LogP contribution in [0, 0.1) is 11.2 Å². The summed E-state index contributed by atoms with van der Waals surface area (Å²) < 4.78 is 14.1. The van der Waals surface area contributed by atoms with E-state index < -0.39 is 0 Å². The van der Waals surface area contributed by atoms with Gasteiger partial charge in [0.05, 0.1) is 0 Å². The average Bonchev–Trinajstić information content (AvgIpc) is 3.27. The monoisotopic (exact) mass is 506 g/mol. The standard InChI is InChI=1S/C19H24ClFN4O.HI/c1-22-18(25-7-3-6-19(11-25)9-16(26)23-10-19)24-15-8-12(15)17-13(20)4-2-5-14(17)21;/h2,4-5,12,15H,3,6-11H2,1H3,(H,22,24)(H,23,26);1H. The number of piperidine rings is 1. The lowest BCUT2D eigenvalue weighted by Crippen LogP contribution is -2.51. The molecule has 3 unspecified atom stereocenters. The summed E-state index contributed by atoms with van der Waals surface area (Å²) >= 11 is 6.20. The lowest BCUT2D eigenvalue weighted by Gasteiger charge is -2.40. The molecule has 148 valence electrons. The van der Waals surface area contributed by atoms with Crippen LogP contribution in [0.2, 0.25) is 5.02 Å². The number of guanidine groups is 1. The zero-order valence-corrected chi connectivity index (χ0v) is 18.4. The predicted octanol–water partition coefficient (Wildman–Crippen LogP) is 3.13. The fraction of sp³-hybridized carbons (Fsp3) is 0.579. The number of carbonyl (C=O) groups excluding carboxylic acids is 1. The molecule has 3 atom stereocenters. The Kier molecular flexibility index (Phi) is 6.20. The van der Waals surface area contributed by atoms with Gasteiger partial charge in [-0.1, -0.05) is 17.7 Å². The minimum Gasteiger partial charge on any atom is -0.355 e. The molecule has 0 bridgehead atoms. The lowest BCUT2D eigenvalue weighted by atomic mass is 9.79. The summed E-state index contributed by atoms with van der Waals surface area (Å²) in [5.74, 6) is 0.817. The Hall–Kier alpha value is -1.09. The Labute approximate surface area is 181 Å². The van der Waals surface area contributed by atoms with Gasteiger partial charge in [0.25, 0.3) is 0 Å². The minimum atomic E-state index is -0.241. The van der Waals surface area contributed by atoms with Crippen LogP contribution in [-0.2, 0) is 4.79 Å². The maximum atomic E-state index is 14.1. The molecular formula is C19H25ClFIN4O. The molecule has 1 aromatic rings. The number of rotatable bonds is 2. The summed E-state index contributed by atoms with van der Waals surface area (Å²) in [6.45, 7) is 2.49. The second-order valence-corrected chi connectivity index (χ2v) is 8.16. The van der Waals surface area contributed by atoms with E-state index in [1.54, 1.807) is 19.2 Å². The molecular weight excluding hydrogens is 482 g/mol. The number of aliphatic imine (C=N–C) groups is 1. The maximum absolute atomic E-state index is 14.1. The Morgan fingerprint density at radius 2 is 2.30 bits per heavy atom. The number of nitrogens with zero attached hydrogens (tertiary/aromatic N) is 2. The zero-order valence-electron chi connectivity index (χ0n) is 15.3. The molecule has 3 aliphatic rings. The third-order valence-corrected chi connectivity index (χ3v) is 6.17. The van der Waals surface area contributed by atoms with Gasteiger partial charge < -0.3 is 15.5 Å². The van der Waals surface area contributed by atoms with Crippen molar-refractivity contribution in [2.75, 3.05) is 26.7 Å². The van der Waals surface area contributed by atoms with E-state index in [1.807, 2.05) is 0 Å². The van der Waals surface area contributed by atoms with Gasteiger partial charge in [0.1, 0.15) is 5.82 Å². The third kappa shape index (κ3) is 4.18. The summed E-state index contributed by atoms with van der Waals surface area (Å²) in [6.07, 6.45) is 3.55. The zero-order chi connectivity index (χ0) is 18.3. The van der Waals surface area contributed by atoms with Crippen molar-refractivity contribution in [1.82, 2.24) is 15.5 Å². The van der Waals surface area contributed by atoms with Crippen molar-refractivity contribution in [1.29, 1.82) is 0 Å². The highest BCUT2D eigenvalue weighted by atomic mass is 127. The number of benzene rings is 1. The molecule has 1 saturated carbocycles. The van der Waals surface area contributed by atoms with Crippen LogP contribution in [-0.4, -0.2) is 49.5 Å². The molecule has 1 aliphatic carbocycles. The molecule has 1 amide bonds. The molecule has 27 heavy (non-hydrogen) atoms. The highest BCUT2D eigenvalue weighted by Gasteiger charge is 2.45. The van der Waals surface area contributed by atoms with E-state index in [0.717, 1.165) is 44.9 Å². The molecule has 1 aromatic carbocycles. The van der Waals surface area contributed by atoms with Crippen LogP contribution in [0.15, 0.2) is 23.2 Å². The van der Waals surface area contributed by atoms with Crippen molar-refractivity contribution in [2.45, 2.75) is 37.6 Å². The maximum Gasteiger partial charge on any atom is 0.220 e. The molecule has 2 heterocycles. The van der Waals surface area contributed by atoms with Gasteiger partial charge in [-0.15, -0.1) is 24.0 Å². The Balaban J connectivity index is 0.00000210. The molecule has 0 aromatic heterocycles. The van der Waals surface area contributed by atoms with Gasteiger partial charge in [-0.2, -0.15) is 0 Å². The van der Waals surface area contributed by atoms with E-state index in [-0.39, 0.29) is 53.1 Å². The normalized spacial score (nSPS) is 30.1. The summed E-state index contributed by atoms with van der Waals surface area (Å²) in [5.41, 5.74) is 0.618. The van der Waals surface area contributed by atoms with Crippen LogP contribution < -0.4 is 10.6 Å². The Morgan fingerprint density at radius 3 is 2.96 bits per heavy atom. The number of amides is 1. The van der Waals surface area contributed by atoms with Crippen LogP contribution >= 0.6 is 35.6 Å². The minimum absolute atomic E-state index is 0. The Morgan fingerprint density at radius 1 is 1.48 bits per heavy atom. The van der Waals surface area contributed by atoms with Crippen molar-refractivity contribution in [2.24, 2.45) is 10.4 Å². The number of hydrogen-bond acceptors (Lipinski definition) is 2. The molecule has 5 nitrogen and oxygen atoms in total. The van der Waals surface area contributed by atoms with Crippen LogP contribution in [0.1, 0.15) is 37.2 Å². The summed E-state index contributed by atoms with van der Waals surface area (Å²) in [7, 11) is 1.77. The second kappa shape index (κ2) is 8.11. The van der Waals surface area contributed by atoms with Crippen LogP contribution in [0.3, 0.4) is 0 Å². The number of hydrogen-bond donors (Lipinski definition) is 2. The lowest BCUT2D eigenvalue weighted by molar-refractivity contribution is -0.119. The van der Waals surface area contributed by atoms with Gasteiger partial charge in [0.2, 0.25) is 5.91 Å². The summed E-state index contributed by atoms with van der Waals surface area (Å²) in [5, 5.41) is 6.93. The highest BCUT2D eigenvalue weighted by Crippen LogP contribution is 2.45. The fourth-order valence-corrected chi connectivity index (χ4v) is 4.73. The van der Waals surface area contributed by atoms with E-state index in [1.165, 1.54) is 6.07 Å². The van der Waals surface area contributed by atoms with Gasteiger partial charge in [0, 0.05) is 61.1 Å². The SMILES string of the molecule is CN=C(NC1CC1c1c(F)cccc1Cl)N1CCCC2(CNC(=O)C2)C1.I. The van der Waals surface area contributed by atoms with Gasteiger partial charge in [-0.05, 0) is 31.4 Å². The van der Waals surface area contributed by atoms with Crippen LogP contribution in [0.4, 0.5) is 4.39 Å². The first-order chi connectivity index (χ1) is 12.5. The van der Waals surface area contributed by atoms with Gasteiger partial charge in [0.15, 0.2) is 5.96 Å². The van der Waals surface area contributed by atoms with Crippen molar-refractivity contribution >= 4 is 47.4 Å². The van der Waals surface area contributed by atoms with Crippen molar-refractivity contribution < 1.29 is 9.18 Å². The summed E-state index contributed by atoms with van der Waals surface area (Å²) in [6, 6.07) is 4.98. The average molecular weight is 507 g/mol. The molecule has 3 fully saturated rings. The highest BCUT2D eigenvalue weighted by molar-refractivity contribution is 14.0. The topological polar surface area (TPSA) is 56.7 Å². The van der Waals surface area contributed by atoms with Crippen molar-refractivity contribution in [3.63, 3.8) is 0 Å². The Bertz CT molecular complexity index is 741. The molecule has 4 rings (SSSR count). The number of carbonyl (C=O) groups is 1. The first kappa shape index (κ1) is 20.6. The number of nitrogens with one attached hydrogen (secondary N) is 2. The first-order valence-electron chi connectivity index (χ1n) is 9.20. The van der Waals surface area contributed by atoms with Gasteiger partial charge >= 0.3 is 0 Å². The van der Waals surface area contributed by atoms with E-state index in [9.17, 15) is 9.18 Å². The molecule has 2 aliphatic heterocycles. The van der Waals surface area contributed by atoms with Crippen molar-refractivity contribution in [3.8, 4) is 0 Å². The smallest absolute Gasteiger partial charge is 0.220 e. The molecule has 2 saturated heterocycles. The van der Waals surface area contributed by atoms with E-state index in [4.69, 9.17) is 11.6 Å². The number of likely N-dealkylation sites (tertiary alicyclic amines) is 1. The van der Waals surface area contributed by atoms with Gasteiger partial charge in [-0.3, -0.25) is 9.79 Å². The largest absolute Gasteiger partial charge is 0.355 e. The van der Waals surface area contributed by atoms with Crippen LogP contribution in [0.5, 0.6) is 0 Å². The van der Waals surface area contributed by atoms with E-state index >= 15 is 0 Å². The second-order valence-electron chi connectivity index (χ2n) is 7.75. The molecule has 1 spiro atoms. The quantitative estimate of drug-likeness (QED) is 0.368. The summed E-state index contributed by atoms with van der Waals surface area (Å²) in [4.78, 5) is 18.4. The third-order valence-electron chi connectivity index (χ3n) is 5.84. The fourth-order valence-electron chi connectivity index (χ4n) is 4.43. The van der Waals surface area contributed by atoms with Crippen LogP contribution in [0.25, 0.3) is 0 Å². The number of halogens is 3. The predicted molar refractivity (Wildman–Crippen MR) is 115 cm³/mol. The molecule has 2 N–H and O–H groups in total.